The molecule has 0 saturated carbocycles. The number of rotatable bonds is 5. The van der Waals surface area contributed by atoms with Crippen LogP contribution in [0.3, 0.4) is 0 Å². The standard InChI is InChI=1S/C18H17N7O/c1-26-16-5-3-13(9-21-16)14-10-22-17(19)18(24-14)23-8-12-2-4-15-20-6-7-25(15)11-12/h2-7,9-11H,8H2,1H3,(H2,19,22)(H,23,24). The number of nitrogen functional groups attached to an aromatic ring is 1. The Balaban J connectivity index is 1.55. The monoisotopic (exact) mass is 347 g/mol. The third-order valence-electron chi connectivity index (χ3n) is 3.95. The van der Waals surface area contributed by atoms with Gasteiger partial charge in [-0.25, -0.2) is 19.9 Å². The number of pyridine rings is 2. The van der Waals surface area contributed by atoms with E-state index in [4.69, 9.17) is 10.5 Å². The molecule has 26 heavy (non-hydrogen) atoms. The topological polar surface area (TPSA) is 103 Å². The van der Waals surface area contributed by atoms with E-state index >= 15 is 0 Å². The fourth-order valence-corrected chi connectivity index (χ4v) is 2.58. The molecule has 4 rings (SSSR count). The van der Waals surface area contributed by atoms with Crippen molar-refractivity contribution in [3.8, 4) is 17.1 Å². The molecule has 8 heteroatoms. The van der Waals surface area contributed by atoms with Gasteiger partial charge in [0.05, 0.1) is 19.0 Å². The van der Waals surface area contributed by atoms with Crippen molar-refractivity contribution in [3.63, 3.8) is 0 Å². The van der Waals surface area contributed by atoms with Gasteiger partial charge in [0.15, 0.2) is 11.6 Å². The molecule has 0 amide bonds. The number of hydrogen-bond acceptors (Lipinski definition) is 7. The Labute approximate surface area is 149 Å². The molecule has 0 saturated heterocycles. The van der Waals surface area contributed by atoms with Crippen LogP contribution >= 0.6 is 0 Å². The Hall–Kier alpha value is -3.68. The number of imidazole rings is 1. The molecule has 3 N–H and O–H groups in total. The first kappa shape index (κ1) is 15.8. The Kier molecular flexibility index (Phi) is 4.06. The maximum Gasteiger partial charge on any atom is 0.212 e. The van der Waals surface area contributed by atoms with E-state index < -0.39 is 0 Å². The van der Waals surface area contributed by atoms with Gasteiger partial charge in [-0.2, -0.15) is 0 Å². The zero-order valence-electron chi connectivity index (χ0n) is 14.1. The molecule has 0 radical (unpaired) electrons. The van der Waals surface area contributed by atoms with Crippen molar-refractivity contribution in [2.75, 3.05) is 18.2 Å². The van der Waals surface area contributed by atoms with Crippen molar-refractivity contribution >= 4 is 17.3 Å². The normalized spacial score (nSPS) is 10.8. The van der Waals surface area contributed by atoms with Gasteiger partial charge in [0, 0.05) is 43.0 Å². The van der Waals surface area contributed by atoms with E-state index in [1.807, 2.05) is 35.0 Å². The van der Waals surface area contributed by atoms with Gasteiger partial charge in [-0.05, 0) is 17.7 Å². The summed E-state index contributed by atoms with van der Waals surface area (Å²) in [6.45, 7) is 0.567. The van der Waals surface area contributed by atoms with Crippen molar-refractivity contribution in [3.05, 3.63) is 60.8 Å². The molecule has 4 aromatic heterocycles. The highest BCUT2D eigenvalue weighted by Gasteiger charge is 2.08. The highest BCUT2D eigenvalue weighted by molar-refractivity contribution is 5.65. The van der Waals surface area contributed by atoms with Crippen molar-refractivity contribution in [2.24, 2.45) is 0 Å². The van der Waals surface area contributed by atoms with Crippen molar-refractivity contribution in [1.82, 2.24) is 24.3 Å². The highest BCUT2D eigenvalue weighted by atomic mass is 16.5. The minimum Gasteiger partial charge on any atom is -0.481 e. The second kappa shape index (κ2) is 6.67. The van der Waals surface area contributed by atoms with E-state index in [-0.39, 0.29) is 0 Å². The molecule has 4 aromatic rings. The Bertz CT molecular complexity index is 1040. The minimum atomic E-state index is 0.346. The van der Waals surface area contributed by atoms with Crippen LogP contribution in [0.5, 0.6) is 5.88 Å². The smallest absolute Gasteiger partial charge is 0.212 e. The van der Waals surface area contributed by atoms with Crippen LogP contribution in [0.4, 0.5) is 11.6 Å². The number of methoxy groups -OCH3 is 1. The predicted molar refractivity (Wildman–Crippen MR) is 98.7 cm³/mol. The Morgan fingerprint density at radius 2 is 2.04 bits per heavy atom. The van der Waals surface area contributed by atoms with E-state index in [0.717, 1.165) is 16.8 Å². The van der Waals surface area contributed by atoms with Gasteiger partial charge < -0.3 is 20.2 Å². The van der Waals surface area contributed by atoms with Gasteiger partial charge in [-0.15, -0.1) is 0 Å². The lowest BCUT2D eigenvalue weighted by Crippen LogP contribution is -2.07. The number of nitrogens with two attached hydrogens (primary N) is 1. The zero-order valence-corrected chi connectivity index (χ0v) is 14.1. The lowest BCUT2D eigenvalue weighted by Gasteiger charge is -2.10. The molecule has 0 spiro atoms. The summed E-state index contributed by atoms with van der Waals surface area (Å²) in [4.78, 5) is 17.2. The summed E-state index contributed by atoms with van der Waals surface area (Å²) in [5.41, 5.74) is 9.46. The van der Waals surface area contributed by atoms with Crippen LogP contribution in [0, 0.1) is 0 Å². The van der Waals surface area contributed by atoms with Gasteiger partial charge in [-0.3, -0.25) is 0 Å². The van der Waals surface area contributed by atoms with E-state index in [1.165, 1.54) is 0 Å². The third kappa shape index (κ3) is 3.12. The first-order chi connectivity index (χ1) is 12.7. The van der Waals surface area contributed by atoms with Crippen LogP contribution in [-0.2, 0) is 6.54 Å². The molecule has 0 aromatic carbocycles. The molecule has 0 unspecified atom stereocenters. The van der Waals surface area contributed by atoms with Gasteiger partial charge in [0.1, 0.15) is 5.65 Å². The summed E-state index contributed by atoms with van der Waals surface area (Å²) in [7, 11) is 1.58. The van der Waals surface area contributed by atoms with Gasteiger partial charge >= 0.3 is 0 Å². The number of anilines is 2. The number of aromatic nitrogens is 5. The summed E-state index contributed by atoms with van der Waals surface area (Å²) >= 11 is 0. The largest absolute Gasteiger partial charge is 0.481 e. The molecule has 8 nitrogen and oxygen atoms in total. The number of nitrogens with one attached hydrogen (secondary N) is 1. The maximum atomic E-state index is 5.96. The van der Waals surface area contributed by atoms with Crippen LogP contribution in [0.1, 0.15) is 5.56 Å². The van der Waals surface area contributed by atoms with Gasteiger partial charge in [0.25, 0.3) is 0 Å². The molecule has 130 valence electrons. The van der Waals surface area contributed by atoms with Gasteiger partial charge in [-0.1, -0.05) is 6.07 Å². The Morgan fingerprint density at radius 3 is 2.85 bits per heavy atom. The van der Waals surface area contributed by atoms with Crippen molar-refractivity contribution < 1.29 is 4.74 Å². The van der Waals surface area contributed by atoms with E-state index in [2.05, 4.69) is 25.3 Å². The SMILES string of the molecule is COc1ccc(-c2cnc(N)c(NCc3ccc4nccn4c3)n2)cn1. The van der Waals surface area contributed by atoms with E-state index in [1.54, 1.807) is 31.8 Å². The van der Waals surface area contributed by atoms with Gasteiger partial charge in [0.2, 0.25) is 5.88 Å². The molecule has 0 fully saturated rings. The van der Waals surface area contributed by atoms with Crippen molar-refractivity contribution in [2.45, 2.75) is 6.54 Å². The highest BCUT2D eigenvalue weighted by Crippen LogP contribution is 2.22. The Morgan fingerprint density at radius 1 is 1.12 bits per heavy atom. The molecule has 0 atom stereocenters. The fourth-order valence-electron chi connectivity index (χ4n) is 2.58. The summed E-state index contributed by atoms with van der Waals surface area (Å²) in [5, 5.41) is 3.24. The quantitative estimate of drug-likeness (QED) is 0.571. The summed E-state index contributed by atoms with van der Waals surface area (Å²) in [6.07, 6.45) is 9.00. The fraction of sp³-hybridized carbons (Fsp3) is 0.111. The maximum absolute atomic E-state index is 5.96. The lowest BCUT2D eigenvalue weighted by atomic mass is 10.2. The molecule has 0 aliphatic rings. The number of hydrogen-bond donors (Lipinski definition) is 2. The summed E-state index contributed by atoms with van der Waals surface area (Å²) in [6, 6.07) is 7.63. The van der Waals surface area contributed by atoms with Crippen molar-refractivity contribution in [1.29, 1.82) is 0 Å². The first-order valence-corrected chi connectivity index (χ1v) is 8.01. The number of fused-ring (bicyclic) bond motifs is 1. The molecule has 0 aliphatic carbocycles. The second-order valence-corrected chi connectivity index (χ2v) is 5.66. The molecule has 4 heterocycles. The molecule has 0 bridgehead atoms. The van der Waals surface area contributed by atoms with E-state index in [9.17, 15) is 0 Å². The molecular formula is C18H17N7O. The minimum absolute atomic E-state index is 0.346. The predicted octanol–water partition coefficient (Wildman–Crippen LogP) is 2.39. The average molecular weight is 347 g/mol. The second-order valence-electron chi connectivity index (χ2n) is 5.66. The third-order valence-corrected chi connectivity index (χ3v) is 3.95. The van der Waals surface area contributed by atoms with Crippen LogP contribution < -0.4 is 15.8 Å². The van der Waals surface area contributed by atoms with Crippen LogP contribution in [0.25, 0.3) is 16.9 Å². The summed E-state index contributed by atoms with van der Waals surface area (Å²) in [5.74, 6) is 1.42. The zero-order chi connectivity index (χ0) is 17.9. The first-order valence-electron chi connectivity index (χ1n) is 8.01. The van der Waals surface area contributed by atoms with Crippen LogP contribution in [0.2, 0.25) is 0 Å². The molecule has 0 aliphatic heterocycles. The van der Waals surface area contributed by atoms with E-state index in [0.29, 0.717) is 29.8 Å². The number of ether oxygens (including phenoxy) is 1. The number of nitrogens with zero attached hydrogens (tertiary/aromatic N) is 5. The van der Waals surface area contributed by atoms with Crippen LogP contribution in [0.15, 0.2) is 55.2 Å². The average Bonchev–Trinajstić information content (AvgIpc) is 3.15. The lowest BCUT2D eigenvalue weighted by molar-refractivity contribution is 0.398. The molecular weight excluding hydrogens is 330 g/mol. The summed E-state index contributed by atoms with van der Waals surface area (Å²) < 4.78 is 7.04. The van der Waals surface area contributed by atoms with Crippen LogP contribution in [-0.4, -0.2) is 31.4 Å².